The normalized spacial score (nSPS) is 15.6. The lowest BCUT2D eigenvalue weighted by atomic mass is 10.1. The summed E-state index contributed by atoms with van der Waals surface area (Å²) >= 11 is 6.07. The highest BCUT2D eigenvalue weighted by Crippen LogP contribution is 2.30. The van der Waals surface area contributed by atoms with Crippen LogP contribution in [-0.2, 0) is 0 Å². The molecule has 1 aliphatic rings. The monoisotopic (exact) mass is 261 g/mol. The lowest BCUT2D eigenvalue weighted by Gasteiger charge is -2.19. The van der Waals surface area contributed by atoms with Gasteiger partial charge in [-0.25, -0.2) is 4.98 Å². The second kappa shape index (κ2) is 4.39. The van der Waals surface area contributed by atoms with E-state index < -0.39 is 0 Å². The number of anilines is 1. The Morgan fingerprint density at radius 1 is 1.11 bits per heavy atom. The van der Waals surface area contributed by atoms with Crippen LogP contribution in [0, 0.1) is 13.8 Å². The minimum absolute atomic E-state index is 0.344. The lowest BCUT2D eigenvalue weighted by molar-refractivity contribution is 0.939. The van der Waals surface area contributed by atoms with Crippen LogP contribution in [0.15, 0.2) is 12.1 Å². The Kier molecular flexibility index (Phi) is 2.86. The summed E-state index contributed by atoms with van der Waals surface area (Å²) in [4.78, 5) is 11.1. The number of rotatable bonds is 1. The second-order valence-electron chi connectivity index (χ2n) is 4.99. The Morgan fingerprint density at radius 3 is 2.56 bits per heavy atom. The van der Waals surface area contributed by atoms with E-state index in [1.54, 1.807) is 0 Å². The molecule has 3 rings (SSSR count). The van der Waals surface area contributed by atoms with Gasteiger partial charge in [-0.15, -0.1) is 0 Å². The fourth-order valence-corrected chi connectivity index (χ4v) is 2.88. The molecule has 0 unspecified atom stereocenters. The largest absolute Gasteiger partial charge is 0.356 e. The van der Waals surface area contributed by atoms with Crippen LogP contribution < -0.4 is 4.90 Å². The summed E-state index contributed by atoms with van der Waals surface area (Å²) in [6, 6.07) is 4.30. The van der Waals surface area contributed by atoms with E-state index in [4.69, 9.17) is 11.6 Å². The summed E-state index contributed by atoms with van der Waals surface area (Å²) in [5.41, 5.74) is 3.38. The summed E-state index contributed by atoms with van der Waals surface area (Å²) < 4.78 is 0. The first-order valence-electron chi connectivity index (χ1n) is 6.34. The molecule has 1 fully saturated rings. The predicted octanol–water partition coefficient (Wildman–Crippen LogP) is 3.50. The zero-order valence-electron chi connectivity index (χ0n) is 10.7. The van der Waals surface area contributed by atoms with Crippen molar-refractivity contribution in [2.24, 2.45) is 0 Å². The van der Waals surface area contributed by atoms with Gasteiger partial charge in [0.2, 0.25) is 5.28 Å². The van der Waals surface area contributed by atoms with Gasteiger partial charge in [0.15, 0.2) is 0 Å². The Bertz CT molecular complexity index is 604. The minimum atomic E-state index is 0.344. The molecular weight excluding hydrogens is 246 g/mol. The smallest absolute Gasteiger partial charge is 0.224 e. The van der Waals surface area contributed by atoms with E-state index in [0.29, 0.717) is 5.28 Å². The molecule has 0 saturated carbocycles. The zero-order chi connectivity index (χ0) is 12.7. The quantitative estimate of drug-likeness (QED) is 0.736. The third kappa shape index (κ3) is 1.93. The van der Waals surface area contributed by atoms with Gasteiger partial charge < -0.3 is 4.90 Å². The number of nitrogens with zero attached hydrogens (tertiary/aromatic N) is 3. The first-order chi connectivity index (χ1) is 8.65. The molecule has 1 aromatic carbocycles. The molecule has 1 saturated heterocycles. The van der Waals surface area contributed by atoms with Crippen molar-refractivity contribution in [2.45, 2.75) is 26.7 Å². The first kappa shape index (κ1) is 11.7. The van der Waals surface area contributed by atoms with Crippen molar-refractivity contribution in [1.29, 1.82) is 0 Å². The predicted molar refractivity (Wildman–Crippen MR) is 75.5 cm³/mol. The molecule has 2 aromatic rings. The highest BCUT2D eigenvalue weighted by atomic mass is 35.5. The highest BCUT2D eigenvalue weighted by Gasteiger charge is 2.18. The molecule has 0 N–H and O–H groups in total. The van der Waals surface area contributed by atoms with Crippen LogP contribution in [0.4, 0.5) is 5.82 Å². The topological polar surface area (TPSA) is 29.0 Å². The molecule has 2 heterocycles. The van der Waals surface area contributed by atoms with Crippen LogP contribution in [0.5, 0.6) is 0 Å². The lowest BCUT2D eigenvalue weighted by Crippen LogP contribution is -2.19. The number of benzene rings is 1. The van der Waals surface area contributed by atoms with Crippen molar-refractivity contribution in [3.8, 4) is 0 Å². The Morgan fingerprint density at radius 2 is 1.83 bits per heavy atom. The van der Waals surface area contributed by atoms with Gasteiger partial charge in [-0.1, -0.05) is 6.07 Å². The molecule has 4 heteroatoms. The summed E-state index contributed by atoms with van der Waals surface area (Å²) in [6.45, 7) is 6.31. The molecule has 0 amide bonds. The zero-order valence-corrected chi connectivity index (χ0v) is 11.5. The van der Waals surface area contributed by atoms with Crippen molar-refractivity contribution < 1.29 is 0 Å². The van der Waals surface area contributed by atoms with E-state index in [-0.39, 0.29) is 0 Å². The van der Waals surface area contributed by atoms with E-state index >= 15 is 0 Å². The second-order valence-corrected chi connectivity index (χ2v) is 5.33. The number of aromatic nitrogens is 2. The van der Waals surface area contributed by atoms with Crippen molar-refractivity contribution in [1.82, 2.24) is 9.97 Å². The third-order valence-corrected chi connectivity index (χ3v) is 3.66. The molecular formula is C14H16ClN3. The van der Waals surface area contributed by atoms with Gasteiger partial charge >= 0.3 is 0 Å². The molecule has 94 valence electrons. The molecule has 3 nitrogen and oxygen atoms in total. The van der Waals surface area contributed by atoms with Crippen LogP contribution in [0.1, 0.15) is 24.0 Å². The maximum absolute atomic E-state index is 6.07. The van der Waals surface area contributed by atoms with Gasteiger partial charge in [0.25, 0.3) is 0 Å². The first-order valence-corrected chi connectivity index (χ1v) is 6.72. The summed E-state index contributed by atoms with van der Waals surface area (Å²) in [5.74, 6) is 0.995. The van der Waals surface area contributed by atoms with Crippen LogP contribution in [0.2, 0.25) is 5.28 Å². The summed E-state index contributed by atoms with van der Waals surface area (Å²) in [7, 11) is 0. The standard InChI is InChI=1S/C14H16ClN3/c1-9-7-10(2)12-11(8-9)13(17-14(15)16-12)18-5-3-4-6-18/h7-8H,3-6H2,1-2H3. The van der Waals surface area contributed by atoms with Gasteiger partial charge in [0.1, 0.15) is 5.82 Å². The van der Waals surface area contributed by atoms with Crippen LogP contribution in [0.25, 0.3) is 10.9 Å². The molecule has 1 aromatic heterocycles. The Balaban J connectivity index is 2.28. The van der Waals surface area contributed by atoms with Crippen molar-refractivity contribution in [2.75, 3.05) is 18.0 Å². The van der Waals surface area contributed by atoms with E-state index in [9.17, 15) is 0 Å². The number of hydrogen-bond acceptors (Lipinski definition) is 3. The molecule has 0 aliphatic carbocycles. The maximum atomic E-state index is 6.07. The molecule has 18 heavy (non-hydrogen) atoms. The van der Waals surface area contributed by atoms with Gasteiger partial charge in [-0.3, -0.25) is 0 Å². The molecule has 1 aliphatic heterocycles. The summed E-state index contributed by atoms with van der Waals surface area (Å²) in [6.07, 6.45) is 2.46. The minimum Gasteiger partial charge on any atom is -0.356 e. The van der Waals surface area contributed by atoms with Gasteiger partial charge in [0.05, 0.1) is 5.52 Å². The van der Waals surface area contributed by atoms with E-state index in [1.807, 2.05) is 0 Å². The third-order valence-electron chi connectivity index (χ3n) is 3.49. The van der Waals surface area contributed by atoms with Crippen molar-refractivity contribution in [3.05, 3.63) is 28.5 Å². The van der Waals surface area contributed by atoms with Gasteiger partial charge in [-0.05, 0) is 55.5 Å². The van der Waals surface area contributed by atoms with Crippen molar-refractivity contribution >= 4 is 28.3 Å². The SMILES string of the molecule is Cc1cc(C)c2nc(Cl)nc(N3CCCC3)c2c1. The maximum Gasteiger partial charge on any atom is 0.224 e. The van der Waals surface area contributed by atoms with Crippen LogP contribution in [0.3, 0.4) is 0 Å². The molecule has 0 spiro atoms. The summed E-state index contributed by atoms with van der Waals surface area (Å²) in [5, 5.41) is 1.47. The van der Waals surface area contributed by atoms with E-state index in [0.717, 1.165) is 35.4 Å². The van der Waals surface area contributed by atoms with Gasteiger partial charge in [-0.2, -0.15) is 4.98 Å². The van der Waals surface area contributed by atoms with E-state index in [2.05, 4.69) is 40.8 Å². The van der Waals surface area contributed by atoms with Gasteiger partial charge in [0, 0.05) is 18.5 Å². The Labute approximate surface area is 112 Å². The van der Waals surface area contributed by atoms with Crippen LogP contribution >= 0.6 is 11.6 Å². The van der Waals surface area contributed by atoms with Crippen LogP contribution in [-0.4, -0.2) is 23.1 Å². The van der Waals surface area contributed by atoms with E-state index in [1.165, 1.54) is 18.4 Å². The highest BCUT2D eigenvalue weighted by molar-refractivity contribution is 6.28. The number of hydrogen-bond donors (Lipinski definition) is 0. The number of aryl methyl sites for hydroxylation is 2. The average molecular weight is 262 g/mol. The fraction of sp³-hybridized carbons (Fsp3) is 0.429. The molecule has 0 radical (unpaired) electrons. The number of halogens is 1. The van der Waals surface area contributed by atoms with Crippen molar-refractivity contribution in [3.63, 3.8) is 0 Å². The fourth-order valence-electron chi connectivity index (χ4n) is 2.71. The average Bonchev–Trinajstić information content (AvgIpc) is 2.83. The molecule has 0 atom stereocenters. The number of fused-ring (bicyclic) bond motifs is 1. The molecule has 0 bridgehead atoms. The Hall–Kier alpha value is -1.35.